The molecule has 0 bridgehead atoms. The van der Waals surface area contributed by atoms with Crippen LogP contribution >= 0.6 is 0 Å². The molecule has 0 amide bonds. The molecule has 0 aromatic heterocycles. The number of nitrogens with zero attached hydrogens (tertiary/aromatic N) is 1. The van der Waals surface area contributed by atoms with Crippen LogP contribution < -0.4 is 5.32 Å². The maximum absolute atomic E-state index is 3.61. The van der Waals surface area contributed by atoms with Gasteiger partial charge in [-0.25, -0.2) is 0 Å². The highest BCUT2D eigenvalue weighted by Crippen LogP contribution is 2.29. The lowest BCUT2D eigenvalue weighted by atomic mass is 9.83. The van der Waals surface area contributed by atoms with E-state index in [1.54, 1.807) is 0 Å². The van der Waals surface area contributed by atoms with Gasteiger partial charge >= 0.3 is 0 Å². The van der Waals surface area contributed by atoms with Crippen molar-refractivity contribution in [1.29, 1.82) is 0 Å². The molecule has 2 nitrogen and oxygen atoms in total. The summed E-state index contributed by atoms with van der Waals surface area (Å²) in [7, 11) is 2.34. The molecular weight excluding hydrogens is 196 g/mol. The van der Waals surface area contributed by atoms with Crippen molar-refractivity contribution in [2.24, 2.45) is 5.92 Å². The summed E-state index contributed by atoms with van der Waals surface area (Å²) in [5.41, 5.74) is 0. The van der Waals surface area contributed by atoms with Crippen LogP contribution in [0.2, 0.25) is 0 Å². The topological polar surface area (TPSA) is 15.3 Å². The Hall–Kier alpha value is -0.0800. The molecule has 1 heterocycles. The van der Waals surface area contributed by atoms with Gasteiger partial charge in [-0.1, -0.05) is 26.2 Å². The predicted molar refractivity (Wildman–Crippen MR) is 69.7 cm³/mol. The summed E-state index contributed by atoms with van der Waals surface area (Å²) >= 11 is 0. The van der Waals surface area contributed by atoms with Crippen molar-refractivity contribution in [3.63, 3.8) is 0 Å². The summed E-state index contributed by atoms with van der Waals surface area (Å²) in [4.78, 5) is 2.63. The lowest BCUT2D eigenvalue weighted by Crippen LogP contribution is -2.42. The fraction of sp³-hybridized carbons (Fsp3) is 1.00. The lowest BCUT2D eigenvalue weighted by Gasteiger charge is -2.36. The molecule has 1 aliphatic carbocycles. The maximum Gasteiger partial charge on any atom is 0.0195 e. The van der Waals surface area contributed by atoms with Gasteiger partial charge in [-0.15, -0.1) is 0 Å². The Kier molecular flexibility index (Phi) is 4.66. The van der Waals surface area contributed by atoms with Crippen LogP contribution in [0, 0.1) is 5.92 Å². The first kappa shape index (κ1) is 12.4. The van der Waals surface area contributed by atoms with E-state index in [0.717, 1.165) is 18.0 Å². The van der Waals surface area contributed by atoms with Crippen molar-refractivity contribution in [3.05, 3.63) is 0 Å². The Bertz CT molecular complexity index is 199. The fourth-order valence-corrected chi connectivity index (χ4v) is 3.44. The summed E-state index contributed by atoms with van der Waals surface area (Å²) in [6.45, 7) is 4.85. The molecule has 3 atom stereocenters. The molecule has 1 N–H and O–H groups in total. The van der Waals surface area contributed by atoms with Crippen LogP contribution in [0.3, 0.4) is 0 Å². The predicted octanol–water partition coefficient (Wildman–Crippen LogP) is 2.64. The minimum Gasteiger partial charge on any atom is -0.313 e. The SMILES string of the molecule is CCC1CCCC(N(C)CC2CCCN2)C1. The normalized spacial score (nSPS) is 35.8. The Morgan fingerprint density at radius 1 is 1.19 bits per heavy atom. The van der Waals surface area contributed by atoms with Gasteiger partial charge in [-0.05, 0) is 45.2 Å². The monoisotopic (exact) mass is 224 g/mol. The van der Waals surface area contributed by atoms with E-state index in [4.69, 9.17) is 0 Å². The Balaban J connectivity index is 1.76. The third kappa shape index (κ3) is 3.21. The third-order valence-electron chi connectivity index (χ3n) is 4.63. The number of hydrogen-bond donors (Lipinski definition) is 1. The van der Waals surface area contributed by atoms with Crippen LogP contribution in [-0.4, -0.2) is 37.1 Å². The van der Waals surface area contributed by atoms with E-state index in [1.807, 2.05) is 0 Å². The smallest absolute Gasteiger partial charge is 0.0195 e. The van der Waals surface area contributed by atoms with Gasteiger partial charge in [0.2, 0.25) is 0 Å². The molecule has 0 aromatic carbocycles. The van der Waals surface area contributed by atoms with E-state index < -0.39 is 0 Å². The average molecular weight is 224 g/mol. The van der Waals surface area contributed by atoms with Gasteiger partial charge in [0.1, 0.15) is 0 Å². The molecule has 2 aliphatic rings. The van der Waals surface area contributed by atoms with Crippen molar-refractivity contribution in [2.45, 2.75) is 64.0 Å². The van der Waals surface area contributed by atoms with Crippen LogP contribution in [0.5, 0.6) is 0 Å². The van der Waals surface area contributed by atoms with Crippen molar-refractivity contribution in [3.8, 4) is 0 Å². The molecule has 2 fully saturated rings. The van der Waals surface area contributed by atoms with E-state index in [9.17, 15) is 0 Å². The fourth-order valence-electron chi connectivity index (χ4n) is 3.44. The summed E-state index contributed by atoms with van der Waals surface area (Å²) in [6.07, 6.45) is 9.94. The zero-order valence-electron chi connectivity index (χ0n) is 11.0. The summed E-state index contributed by atoms with van der Waals surface area (Å²) in [5, 5.41) is 3.61. The molecule has 16 heavy (non-hydrogen) atoms. The molecule has 1 saturated carbocycles. The average Bonchev–Trinajstić information content (AvgIpc) is 2.82. The van der Waals surface area contributed by atoms with Crippen molar-refractivity contribution in [1.82, 2.24) is 10.2 Å². The highest BCUT2D eigenvalue weighted by Gasteiger charge is 2.25. The Morgan fingerprint density at radius 2 is 2.06 bits per heavy atom. The summed E-state index contributed by atoms with van der Waals surface area (Å²) in [6, 6.07) is 1.63. The van der Waals surface area contributed by atoms with E-state index in [2.05, 4.69) is 24.2 Å². The van der Waals surface area contributed by atoms with Crippen LogP contribution in [0.1, 0.15) is 51.9 Å². The van der Waals surface area contributed by atoms with Gasteiger partial charge in [0.25, 0.3) is 0 Å². The van der Waals surface area contributed by atoms with Crippen LogP contribution in [0.15, 0.2) is 0 Å². The van der Waals surface area contributed by atoms with Gasteiger partial charge in [-0.2, -0.15) is 0 Å². The number of nitrogens with one attached hydrogen (secondary N) is 1. The van der Waals surface area contributed by atoms with Gasteiger partial charge in [-0.3, -0.25) is 0 Å². The van der Waals surface area contributed by atoms with E-state index in [-0.39, 0.29) is 0 Å². The van der Waals surface area contributed by atoms with Crippen LogP contribution in [0.4, 0.5) is 0 Å². The minimum absolute atomic E-state index is 0.770. The number of hydrogen-bond acceptors (Lipinski definition) is 2. The first-order valence-corrected chi connectivity index (χ1v) is 7.23. The zero-order chi connectivity index (χ0) is 11.4. The van der Waals surface area contributed by atoms with Crippen LogP contribution in [0.25, 0.3) is 0 Å². The van der Waals surface area contributed by atoms with Crippen molar-refractivity contribution in [2.75, 3.05) is 20.1 Å². The van der Waals surface area contributed by atoms with E-state index in [1.165, 1.54) is 58.0 Å². The zero-order valence-corrected chi connectivity index (χ0v) is 11.0. The second-order valence-electron chi connectivity index (χ2n) is 5.83. The summed E-state index contributed by atoms with van der Waals surface area (Å²) in [5.74, 6) is 0.998. The second kappa shape index (κ2) is 6.02. The highest BCUT2D eigenvalue weighted by atomic mass is 15.2. The second-order valence-corrected chi connectivity index (χ2v) is 5.83. The molecule has 3 unspecified atom stereocenters. The lowest BCUT2D eigenvalue weighted by molar-refractivity contribution is 0.146. The maximum atomic E-state index is 3.61. The quantitative estimate of drug-likeness (QED) is 0.790. The first-order valence-electron chi connectivity index (χ1n) is 7.23. The first-order chi connectivity index (χ1) is 7.79. The number of rotatable bonds is 4. The molecule has 2 rings (SSSR count). The van der Waals surface area contributed by atoms with E-state index >= 15 is 0 Å². The molecule has 94 valence electrons. The summed E-state index contributed by atoms with van der Waals surface area (Å²) < 4.78 is 0. The molecular formula is C14H28N2. The largest absolute Gasteiger partial charge is 0.313 e. The standard InChI is InChI=1S/C14H28N2/c1-3-12-6-4-8-14(10-12)16(2)11-13-7-5-9-15-13/h12-15H,3-11H2,1-2H3. The molecule has 0 radical (unpaired) electrons. The van der Waals surface area contributed by atoms with Crippen LogP contribution in [-0.2, 0) is 0 Å². The van der Waals surface area contributed by atoms with E-state index in [0.29, 0.717) is 0 Å². The Morgan fingerprint density at radius 3 is 2.75 bits per heavy atom. The molecule has 0 aromatic rings. The van der Waals surface area contributed by atoms with Gasteiger partial charge in [0.15, 0.2) is 0 Å². The molecule has 0 spiro atoms. The molecule has 1 saturated heterocycles. The Labute approximate surface area is 101 Å². The van der Waals surface area contributed by atoms with Gasteiger partial charge in [0, 0.05) is 18.6 Å². The molecule has 2 heteroatoms. The number of likely N-dealkylation sites (N-methyl/N-ethyl adjacent to an activating group) is 1. The van der Waals surface area contributed by atoms with Crippen molar-refractivity contribution < 1.29 is 0 Å². The highest BCUT2D eigenvalue weighted by molar-refractivity contribution is 4.83. The van der Waals surface area contributed by atoms with Crippen molar-refractivity contribution >= 4 is 0 Å². The van der Waals surface area contributed by atoms with Gasteiger partial charge < -0.3 is 10.2 Å². The third-order valence-corrected chi connectivity index (χ3v) is 4.63. The molecule has 1 aliphatic heterocycles. The minimum atomic E-state index is 0.770. The van der Waals surface area contributed by atoms with Gasteiger partial charge in [0.05, 0.1) is 0 Å².